The van der Waals surface area contributed by atoms with Gasteiger partial charge in [-0.05, 0) is 24.3 Å². The monoisotopic (exact) mass is 358 g/mol. The third kappa shape index (κ3) is 2.82. The van der Waals surface area contributed by atoms with Gasteiger partial charge in [0.1, 0.15) is 5.69 Å². The van der Waals surface area contributed by atoms with Crippen LogP contribution in [0.2, 0.25) is 10.0 Å². The lowest BCUT2D eigenvalue weighted by molar-refractivity contribution is -0.593. The first-order chi connectivity index (χ1) is 11.5. The number of anilines is 1. The van der Waals surface area contributed by atoms with Crippen molar-refractivity contribution in [2.45, 2.75) is 0 Å². The summed E-state index contributed by atoms with van der Waals surface area (Å²) >= 11 is 12.2. The number of carbonyl (C=O) groups is 1. The van der Waals surface area contributed by atoms with E-state index in [0.29, 0.717) is 25.9 Å². The van der Waals surface area contributed by atoms with E-state index in [0.717, 1.165) is 0 Å². The summed E-state index contributed by atoms with van der Waals surface area (Å²) in [5, 5.41) is 12.9. The van der Waals surface area contributed by atoms with Gasteiger partial charge in [0.15, 0.2) is 12.0 Å². The Balaban J connectivity index is 2.19. The average Bonchev–Trinajstić information content (AvgIpc) is 2.56. The van der Waals surface area contributed by atoms with Gasteiger partial charge >= 0.3 is 0 Å². The van der Waals surface area contributed by atoms with Gasteiger partial charge in [-0.25, -0.2) is 0 Å². The van der Waals surface area contributed by atoms with Gasteiger partial charge < -0.3 is 10.9 Å². The zero-order chi connectivity index (χ0) is 17.3. The highest BCUT2D eigenvalue weighted by Crippen LogP contribution is 2.32. The topological polar surface area (TPSA) is 70.0 Å². The summed E-state index contributed by atoms with van der Waals surface area (Å²) in [6.07, 6.45) is 1.24. The van der Waals surface area contributed by atoms with Crippen molar-refractivity contribution in [2.75, 3.05) is 5.73 Å². The second-order valence-electron chi connectivity index (χ2n) is 5.11. The van der Waals surface area contributed by atoms with Crippen molar-refractivity contribution in [3.63, 3.8) is 0 Å². The van der Waals surface area contributed by atoms with E-state index in [1.807, 2.05) is 0 Å². The first-order valence-corrected chi connectivity index (χ1v) is 7.82. The Labute approximate surface area is 148 Å². The number of halogens is 2. The van der Waals surface area contributed by atoms with E-state index in [9.17, 15) is 10.0 Å². The molecular weight excluding hydrogens is 347 g/mol. The summed E-state index contributed by atoms with van der Waals surface area (Å²) in [6.45, 7) is 0. The van der Waals surface area contributed by atoms with Gasteiger partial charge in [-0.3, -0.25) is 4.79 Å². The van der Waals surface area contributed by atoms with E-state index in [-0.39, 0.29) is 22.7 Å². The molecule has 0 bridgehead atoms. The van der Waals surface area contributed by atoms with E-state index >= 15 is 0 Å². The highest BCUT2D eigenvalue weighted by Gasteiger charge is 2.24. The lowest BCUT2D eigenvalue weighted by Crippen LogP contribution is -2.31. The van der Waals surface area contributed by atoms with Crippen LogP contribution in [0.1, 0.15) is 15.9 Å². The largest absolute Gasteiger partial charge is 0.618 e. The molecule has 0 unspecified atom stereocenters. The standard InChI is InChI=1S/C18H12Cl2N2O2/c19-14-7-3-1-5-11(14)17-16(21)13(9-10-22(17)24)18(23)12-6-2-4-8-15(12)20/h1-10H,21H2. The molecule has 120 valence electrons. The first kappa shape index (κ1) is 16.3. The van der Waals surface area contributed by atoms with Crippen LogP contribution in [0.3, 0.4) is 0 Å². The molecule has 2 N–H and O–H groups in total. The van der Waals surface area contributed by atoms with Crippen LogP contribution in [-0.2, 0) is 0 Å². The Morgan fingerprint density at radius 2 is 1.54 bits per heavy atom. The van der Waals surface area contributed by atoms with Crippen molar-refractivity contribution in [2.24, 2.45) is 0 Å². The van der Waals surface area contributed by atoms with Gasteiger partial charge in [0.05, 0.1) is 21.2 Å². The van der Waals surface area contributed by atoms with Crippen LogP contribution >= 0.6 is 23.2 Å². The summed E-state index contributed by atoms with van der Waals surface area (Å²) in [5.74, 6) is -0.355. The Kier molecular flexibility index (Phi) is 4.42. The van der Waals surface area contributed by atoms with E-state index in [1.165, 1.54) is 12.3 Å². The molecule has 0 saturated heterocycles. The number of carbonyl (C=O) groups excluding carboxylic acids is 1. The SMILES string of the molecule is Nc1c(C(=O)c2ccccc2Cl)cc[n+]([O-])c1-c1ccccc1Cl. The van der Waals surface area contributed by atoms with Crippen LogP contribution in [-0.4, -0.2) is 5.78 Å². The summed E-state index contributed by atoms with van der Waals surface area (Å²) < 4.78 is 0.597. The molecule has 3 rings (SSSR count). The summed E-state index contributed by atoms with van der Waals surface area (Å²) in [4.78, 5) is 12.8. The Bertz CT molecular complexity index is 942. The smallest absolute Gasteiger partial charge is 0.249 e. The predicted octanol–water partition coefficient (Wildman–Crippen LogP) is 4.11. The fourth-order valence-electron chi connectivity index (χ4n) is 2.46. The second-order valence-corrected chi connectivity index (χ2v) is 5.92. The minimum Gasteiger partial charge on any atom is -0.618 e. The van der Waals surface area contributed by atoms with Gasteiger partial charge in [0, 0.05) is 11.6 Å². The number of benzene rings is 2. The average molecular weight is 359 g/mol. The minimum absolute atomic E-state index is 0.0607. The molecule has 0 aliphatic carbocycles. The maximum Gasteiger partial charge on any atom is 0.249 e. The minimum atomic E-state index is -0.355. The number of rotatable bonds is 3. The van der Waals surface area contributed by atoms with Gasteiger partial charge in [-0.1, -0.05) is 47.5 Å². The van der Waals surface area contributed by atoms with Crippen molar-refractivity contribution in [1.82, 2.24) is 0 Å². The van der Waals surface area contributed by atoms with Crippen molar-refractivity contribution < 1.29 is 9.52 Å². The highest BCUT2D eigenvalue weighted by molar-refractivity contribution is 6.35. The second kappa shape index (κ2) is 6.51. The fraction of sp³-hybridized carbons (Fsp3) is 0. The van der Waals surface area contributed by atoms with Crippen LogP contribution in [0.5, 0.6) is 0 Å². The molecule has 0 fully saturated rings. The van der Waals surface area contributed by atoms with Crippen molar-refractivity contribution in [3.8, 4) is 11.3 Å². The first-order valence-electron chi connectivity index (χ1n) is 7.06. The van der Waals surface area contributed by atoms with Crippen molar-refractivity contribution >= 4 is 34.7 Å². The fourth-order valence-corrected chi connectivity index (χ4v) is 2.91. The van der Waals surface area contributed by atoms with Crippen LogP contribution < -0.4 is 10.5 Å². The number of nitrogens with zero attached hydrogens (tertiary/aromatic N) is 1. The molecule has 0 atom stereocenters. The van der Waals surface area contributed by atoms with E-state index < -0.39 is 0 Å². The summed E-state index contributed by atoms with van der Waals surface area (Å²) in [6, 6.07) is 14.9. The predicted molar refractivity (Wildman–Crippen MR) is 95.1 cm³/mol. The quantitative estimate of drug-likeness (QED) is 0.435. The number of hydrogen-bond donors (Lipinski definition) is 1. The molecule has 0 aliphatic heterocycles. The molecule has 0 radical (unpaired) electrons. The zero-order valence-electron chi connectivity index (χ0n) is 12.4. The van der Waals surface area contributed by atoms with Gasteiger partial charge in [-0.2, -0.15) is 4.73 Å². The van der Waals surface area contributed by atoms with Crippen LogP contribution in [0, 0.1) is 5.21 Å². The number of pyridine rings is 1. The number of aromatic nitrogens is 1. The number of ketones is 1. The van der Waals surface area contributed by atoms with E-state index in [1.54, 1.807) is 48.5 Å². The molecule has 0 saturated carbocycles. The van der Waals surface area contributed by atoms with Crippen LogP contribution in [0.15, 0.2) is 60.8 Å². The normalized spacial score (nSPS) is 10.6. The van der Waals surface area contributed by atoms with Gasteiger partial charge in [0.2, 0.25) is 5.69 Å². The zero-order valence-corrected chi connectivity index (χ0v) is 13.9. The number of nitrogens with two attached hydrogens (primary N) is 1. The molecule has 1 aromatic heterocycles. The molecule has 24 heavy (non-hydrogen) atoms. The molecular formula is C18H12Cl2N2O2. The highest BCUT2D eigenvalue weighted by atomic mass is 35.5. The number of nitrogen functional groups attached to an aromatic ring is 1. The Hall–Kier alpha value is -2.56. The summed E-state index contributed by atoms with van der Waals surface area (Å²) in [7, 11) is 0. The third-order valence-corrected chi connectivity index (χ3v) is 4.29. The third-order valence-electron chi connectivity index (χ3n) is 3.63. The molecule has 0 aliphatic rings. The van der Waals surface area contributed by atoms with Gasteiger partial charge in [-0.15, -0.1) is 0 Å². The Morgan fingerprint density at radius 1 is 0.917 bits per heavy atom. The van der Waals surface area contributed by atoms with Gasteiger partial charge in [0.25, 0.3) is 0 Å². The lowest BCUT2D eigenvalue weighted by atomic mass is 9.99. The van der Waals surface area contributed by atoms with Crippen LogP contribution in [0.25, 0.3) is 11.3 Å². The van der Waals surface area contributed by atoms with Crippen molar-refractivity contribution in [3.05, 3.63) is 87.2 Å². The van der Waals surface area contributed by atoms with Crippen molar-refractivity contribution in [1.29, 1.82) is 0 Å². The summed E-state index contributed by atoms with van der Waals surface area (Å²) in [5.41, 5.74) is 7.31. The molecule has 1 heterocycles. The molecule has 0 spiro atoms. The van der Waals surface area contributed by atoms with E-state index in [4.69, 9.17) is 28.9 Å². The maximum absolute atomic E-state index is 12.8. The molecule has 4 nitrogen and oxygen atoms in total. The number of hydrogen-bond acceptors (Lipinski definition) is 3. The van der Waals surface area contributed by atoms with Crippen LogP contribution in [0.4, 0.5) is 5.69 Å². The molecule has 3 aromatic rings. The van der Waals surface area contributed by atoms with E-state index in [2.05, 4.69) is 0 Å². The maximum atomic E-state index is 12.8. The molecule has 2 aromatic carbocycles. The Morgan fingerprint density at radius 3 is 2.21 bits per heavy atom. The molecule has 6 heteroatoms. The molecule has 0 amide bonds. The lowest BCUT2D eigenvalue weighted by Gasteiger charge is -2.12.